The zero-order valence-corrected chi connectivity index (χ0v) is 25.5. The Hall–Kier alpha value is -5.73. The molecule has 0 radical (unpaired) electrons. The molecule has 2 aromatic heterocycles. The van der Waals surface area contributed by atoms with E-state index in [4.69, 9.17) is 14.0 Å². The molecule has 15 nitrogen and oxygen atoms in total. The third-order valence-corrected chi connectivity index (χ3v) is 6.87. The SMILES string of the molecule is COc1ccc(-c2nc(C)no2)cc1CC(=O)N[C@H](C(=O)NC(CC(=O)O)C(=O)COC(=O)c1cnnc2ccccc12)C(C)C. The van der Waals surface area contributed by atoms with Gasteiger partial charge in [-0.15, -0.1) is 0 Å². The minimum atomic E-state index is -1.54. The number of ether oxygens (including phenoxy) is 2. The Labute approximate surface area is 262 Å². The molecular formula is C31H32N6O9. The number of carboxylic acid groups (broad SMARTS) is 1. The first-order valence-electron chi connectivity index (χ1n) is 14.2. The van der Waals surface area contributed by atoms with Crippen molar-refractivity contribution in [2.45, 2.75) is 45.7 Å². The van der Waals surface area contributed by atoms with Crippen molar-refractivity contribution in [2.24, 2.45) is 5.92 Å². The van der Waals surface area contributed by atoms with E-state index in [0.29, 0.717) is 33.6 Å². The Balaban J connectivity index is 1.42. The molecule has 0 fully saturated rings. The van der Waals surface area contributed by atoms with Gasteiger partial charge in [-0.25, -0.2) is 4.79 Å². The third-order valence-electron chi connectivity index (χ3n) is 6.87. The molecule has 240 valence electrons. The minimum Gasteiger partial charge on any atom is -0.496 e. The van der Waals surface area contributed by atoms with Crippen molar-refractivity contribution in [1.82, 2.24) is 31.0 Å². The number of aliphatic carboxylic acids is 1. The lowest BCUT2D eigenvalue weighted by molar-refractivity contribution is -0.141. The third kappa shape index (κ3) is 8.25. The number of Topliss-reactive ketones (excluding diaryl/α,β-unsaturated/α-hetero) is 1. The van der Waals surface area contributed by atoms with Gasteiger partial charge in [0.25, 0.3) is 5.89 Å². The Morgan fingerprint density at radius 2 is 1.80 bits per heavy atom. The molecule has 0 saturated carbocycles. The minimum absolute atomic E-state index is 0.0641. The number of aromatic nitrogens is 4. The molecule has 1 unspecified atom stereocenters. The van der Waals surface area contributed by atoms with Gasteiger partial charge in [0.15, 0.2) is 18.2 Å². The van der Waals surface area contributed by atoms with Crippen molar-refractivity contribution in [3.8, 4) is 17.2 Å². The summed E-state index contributed by atoms with van der Waals surface area (Å²) in [4.78, 5) is 67.9. The van der Waals surface area contributed by atoms with Gasteiger partial charge in [0.2, 0.25) is 11.8 Å². The van der Waals surface area contributed by atoms with Crippen LogP contribution in [0.4, 0.5) is 0 Å². The van der Waals surface area contributed by atoms with Gasteiger partial charge in [0.05, 0.1) is 37.2 Å². The molecule has 0 spiro atoms. The van der Waals surface area contributed by atoms with E-state index in [1.807, 2.05) is 0 Å². The summed E-state index contributed by atoms with van der Waals surface area (Å²) in [7, 11) is 1.45. The van der Waals surface area contributed by atoms with Crippen molar-refractivity contribution < 1.29 is 43.1 Å². The van der Waals surface area contributed by atoms with Gasteiger partial charge in [-0.1, -0.05) is 37.2 Å². The second kappa shape index (κ2) is 14.8. The maximum absolute atomic E-state index is 13.3. The number of carbonyl (C=O) groups is 5. The van der Waals surface area contributed by atoms with E-state index in [1.54, 1.807) is 63.2 Å². The van der Waals surface area contributed by atoms with E-state index in [1.165, 1.54) is 13.3 Å². The average molecular weight is 633 g/mol. The van der Waals surface area contributed by atoms with E-state index in [0.717, 1.165) is 0 Å². The number of hydrogen-bond donors (Lipinski definition) is 3. The average Bonchev–Trinajstić information content (AvgIpc) is 3.47. The number of aryl methyl sites for hydroxylation is 1. The summed E-state index contributed by atoms with van der Waals surface area (Å²) in [5, 5.41) is 26.4. The first-order valence-corrected chi connectivity index (χ1v) is 14.2. The summed E-state index contributed by atoms with van der Waals surface area (Å²) in [5.41, 5.74) is 1.55. The number of methoxy groups -OCH3 is 1. The van der Waals surface area contributed by atoms with Crippen molar-refractivity contribution in [2.75, 3.05) is 13.7 Å². The number of hydrogen-bond acceptors (Lipinski definition) is 12. The Morgan fingerprint density at radius 1 is 1.04 bits per heavy atom. The number of benzene rings is 2. The summed E-state index contributed by atoms with van der Waals surface area (Å²) >= 11 is 0. The van der Waals surface area contributed by atoms with E-state index in [-0.39, 0.29) is 17.9 Å². The predicted molar refractivity (Wildman–Crippen MR) is 161 cm³/mol. The van der Waals surface area contributed by atoms with Gasteiger partial charge in [0, 0.05) is 16.5 Å². The fraction of sp³-hybridized carbons (Fsp3) is 0.323. The number of esters is 1. The summed E-state index contributed by atoms with van der Waals surface area (Å²) < 4.78 is 15.7. The van der Waals surface area contributed by atoms with Crippen LogP contribution in [-0.4, -0.2) is 80.8 Å². The van der Waals surface area contributed by atoms with E-state index >= 15 is 0 Å². The van der Waals surface area contributed by atoms with Crippen molar-refractivity contribution in [3.05, 3.63) is 65.6 Å². The van der Waals surface area contributed by atoms with Gasteiger partial charge in [-0.05, 0) is 37.1 Å². The molecule has 15 heteroatoms. The molecule has 0 aliphatic carbocycles. The molecule has 0 aliphatic rings. The van der Waals surface area contributed by atoms with Crippen LogP contribution in [0.15, 0.2) is 53.2 Å². The lowest BCUT2D eigenvalue weighted by Crippen LogP contribution is -2.54. The first-order chi connectivity index (χ1) is 22.0. The number of fused-ring (bicyclic) bond motifs is 1. The number of amides is 2. The summed E-state index contributed by atoms with van der Waals surface area (Å²) in [5.74, 6) is -3.78. The Bertz CT molecular complexity index is 1760. The Morgan fingerprint density at radius 3 is 2.48 bits per heavy atom. The molecule has 46 heavy (non-hydrogen) atoms. The van der Waals surface area contributed by atoms with Crippen molar-refractivity contribution in [1.29, 1.82) is 0 Å². The van der Waals surface area contributed by atoms with Crippen LogP contribution in [0, 0.1) is 12.8 Å². The molecule has 2 atom stereocenters. The summed E-state index contributed by atoms with van der Waals surface area (Å²) in [6.45, 7) is 4.20. The molecule has 2 heterocycles. The monoisotopic (exact) mass is 632 g/mol. The van der Waals surface area contributed by atoms with Crippen LogP contribution in [0.5, 0.6) is 5.75 Å². The van der Waals surface area contributed by atoms with Gasteiger partial charge in [0.1, 0.15) is 17.8 Å². The van der Waals surface area contributed by atoms with Crippen LogP contribution in [0.1, 0.15) is 42.0 Å². The largest absolute Gasteiger partial charge is 0.496 e. The van der Waals surface area contributed by atoms with Crippen LogP contribution in [0.3, 0.4) is 0 Å². The molecular weight excluding hydrogens is 600 g/mol. The molecule has 4 rings (SSSR count). The van der Waals surface area contributed by atoms with Crippen LogP contribution in [0.25, 0.3) is 22.4 Å². The molecule has 2 amide bonds. The van der Waals surface area contributed by atoms with Crippen molar-refractivity contribution >= 4 is 40.4 Å². The second-order valence-electron chi connectivity index (χ2n) is 10.6. The normalized spacial score (nSPS) is 12.3. The fourth-order valence-corrected chi connectivity index (χ4v) is 4.56. The van der Waals surface area contributed by atoms with Crippen LogP contribution < -0.4 is 15.4 Å². The molecule has 2 aromatic carbocycles. The number of carbonyl (C=O) groups excluding carboxylic acids is 4. The smallest absolute Gasteiger partial charge is 0.340 e. The maximum Gasteiger partial charge on any atom is 0.340 e. The Kier molecular flexibility index (Phi) is 10.7. The number of nitrogens with one attached hydrogen (secondary N) is 2. The number of ketones is 1. The highest BCUT2D eigenvalue weighted by Gasteiger charge is 2.31. The molecule has 0 bridgehead atoms. The standard InChI is InChI=1S/C31H32N6O9/c1-16(2)28(35-26(39)12-19-11-18(9-10-25(19)44-4)30-33-17(3)37-46-30)29(42)34-23(13-27(40)41)24(38)15-45-31(43)21-14-32-36-22-8-6-5-7-20(21)22/h5-11,14,16,23,28H,12-13,15H2,1-4H3,(H,34,42)(H,35,39)(H,40,41)/t23?,28-/m0/s1. The highest BCUT2D eigenvalue weighted by molar-refractivity contribution is 6.04. The quantitative estimate of drug-likeness (QED) is 0.170. The van der Waals surface area contributed by atoms with Crippen molar-refractivity contribution in [3.63, 3.8) is 0 Å². The first kappa shape index (κ1) is 33.2. The highest BCUT2D eigenvalue weighted by Crippen LogP contribution is 2.26. The van der Waals surface area contributed by atoms with E-state index < -0.39 is 60.6 Å². The maximum atomic E-state index is 13.3. The molecule has 4 aromatic rings. The van der Waals surface area contributed by atoms with Crippen LogP contribution in [-0.2, 0) is 30.3 Å². The van der Waals surface area contributed by atoms with Gasteiger partial charge in [-0.3, -0.25) is 19.2 Å². The second-order valence-corrected chi connectivity index (χ2v) is 10.6. The van der Waals surface area contributed by atoms with Crippen LogP contribution >= 0.6 is 0 Å². The number of nitrogens with zero attached hydrogens (tertiary/aromatic N) is 4. The zero-order chi connectivity index (χ0) is 33.4. The lowest BCUT2D eigenvalue weighted by Gasteiger charge is -2.24. The van der Waals surface area contributed by atoms with Gasteiger partial charge in [-0.2, -0.15) is 15.2 Å². The zero-order valence-electron chi connectivity index (χ0n) is 25.5. The lowest BCUT2D eigenvalue weighted by atomic mass is 10.0. The topological polar surface area (TPSA) is 213 Å². The molecule has 0 saturated heterocycles. The molecule has 0 aliphatic heterocycles. The van der Waals surface area contributed by atoms with E-state index in [9.17, 15) is 29.1 Å². The van der Waals surface area contributed by atoms with Crippen LogP contribution in [0.2, 0.25) is 0 Å². The predicted octanol–water partition coefficient (Wildman–Crippen LogP) is 2.07. The van der Waals surface area contributed by atoms with E-state index in [2.05, 4.69) is 31.0 Å². The highest BCUT2D eigenvalue weighted by atomic mass is 16.5. The number of carboxylic acids is 1. The number of rotatable bonds is 14. The van der Waals surface area contributed by atoms with Gasteiger partial charge < -0.3 is 29.7 Å². The summed E-state index contributed by atoms with van der Waals surface area (Å²) in [6, 6.07) is 9.02. The van der Waals surface area contributed by atoms with Gasteiger partial charge >= 0.3 is 11.9 Å². The fourth-order valence-electron chi connectivity index (χ4n) is 4.56. The summed E-state index contributed by atoms with van der Waals surface area (Å²) in [6.07, 6.45) is 0.228. The molecule has 3 N–H and O–H groups in total.